The summed E-state index contributed by atoms with van der Waals surface area (Å²) in [7, 11) is 0. The van der Waals surface area contributed by atoms with Crippen LogP contribution in [0.1, 0.15) is 12.0 Å². The average Bonchev–Trinajstić information content (AvgIpc) is 2.51. The molecule has 2 N–H and O–H groups in total. The zero-order chi connectivity index (χ0) is 18.6. The zero-order valence-electron chi connectivity index (χ0n) is 12.4. The van der Waals surface area contributed by atoms with Crippen LogP contribution in [0.4, 0.5) is 18.9 Å². The van der Waals surface area contributed by atoms with Crippen molar-refractivity contribution in [2.75, 3.05) is 5.32 Å². The number of anilines is 1. The number of halogens is 4. The number of amides is 2. The first-order chi connectivity index (χ1) is 11.7. The number of Topliss-reactive ketones (excluding diaryl/α,β-unsaturated/α-hetero) is 1. The summed E-state index contributed by atoms with van der Waals surface area (Å²) in [6.07, 6.45) is -2.70. The Bertz CT molecular complexity index is 775. The number of rotatable bonds is 4. The van der Waals surface area contributed by atoms with E-state index >= 15 is 0 Å². The van der Waals surface area contributed by atoms with Gasteiger partial charge in [0.15, 0.2) is 5.17 Å². The van der Waals surface area contributed by atoms with Gasteiger partial charge < -0.3 is 10.6 Å². The third-order valence-electron chi connectivity index (χ3n) is 3.06. The van der Waals surface area contributed by atoms with Gasteiger partial charge in [-0.2, -0.15) is 13.2 Å². The Morgan fingerprint density at radius 2 is 1.96 bits per heavy atom. The molecule has 1 aromatic carbocycles. The Balaban J connectivity index is 1.92. The number of nitrogens with zero attached hydrogens (tertiary/aromatic N) is 1. The molecule has 1 aliphatic heterocycles. The van der Waals surface area contributed by atoms with Crippen molar-refractivity contribution in [1.82, 2.24) is 5.32 Å². The standard InChI is InChI=1S/C15H11ClF3N3O3/c16-14-13(25)10(4-5-20-14)22-12(24)7-11(23)21-9-3-1-2-8(6-9)15(17,18)19/h1-6,10H,7H2,(H,21,23)(H,22,24). The van der Waals surface area contributed by atoms with Gasteiger partial charge >= 0.3 is 6.18 Å². The first-order valence-electron chi connectivity index (χ1n) is 6.87. The van der Waals surface area contributed by atoms with Crippen LogP contribution in [0.2, 0.25) is 0 Å². The molecule has 2 rings (SSSR count). The van der Waals surface area contributed by atoms with Gasteiger partial charge in [0.1, 0.15) is 12.5 Å². The molecule has 25 heavy (non-hydrogen) atoms. The monoisotopic (exact) mass is 373 g/mol. The largest absolute Gasteiger partial charge is 0.416 e. The van der Waals surface area contributed by atoms with E-state index in [9.17, 15) is 27.6 Å². The number of carbonyl (C=O) groups excluding carboxylic acids is 3. The first-order valence-corrected chi connectivity index (χ1v) is 7.25. The normalized spacial score (nSPS) is 17.0. The minimum Gasteiger partial charge on any atom is -0.342 e. The molecular formula is C15H11ClF3N3O3. The first kappa shape index (κ1) is 18.7. The van der Waals surface area contributed by atoms with Crippen LogP contribution in [0, 0.1) is 0 Å². The van der Waals surface area contributed by atoms with Crippen LogP contribution >= 0.6 is 11.6 Å². The van der Waals surface area contributed by atoms with Crippen LogP contribution in [-0.2, 0) is 20.6 Å². The zero-order valence-corrected chi connectivity index (χ0v) is 13.2. The van der Waals surface area contributed by atoms with Crippen molar-refractivity contribution in [2.45, 2.75) is 18.6 Å². The van der Waals surface area contributed by atoms with Crippen molar-refractivity contribution in [2.24, 2.45) is 4.99 Å². The SMILES string of the molecule is O=C(CC(=O)NC1C=CN=C(Cl)C1=O)Nc1cccc(C(F)(F)F)c1. The average molecular weight is 374 g/mol. The number of nitrogens with one attached hydrogen (secondary N) is 2. The van der Waals surface area contributed by atoms with Crippen molar-refractivity contribution >= 4 is 40.1 Å². The highest BCUT2D eigenvalue weighted by Crippen LogP contribution is 2.30. The number of alkyl halides is 3. The highest BCUT2D eigenvalue weighted by molar-refractivity contribution is 6.84. The molecule has 0 aromatic heterocycles. The van der Waals surface area contributed by atoms with Crippen LogP contribution in [0.25, 0.3) is 0 Å². The molecule has 0 spiro atoms. The molecule has 6 nitrogen and oxygen atoms in total. The predicted molar refractivity (Wildman–Crippen MR) is 84.1 cm³/mol. The van der Waals surface area contributed by atoms with Gasteiger partial charge in [-0.15, -0.1) is 0 Å². The number of benzene rings is 1. The predicted octanol–water partition coefficient (Wildman–Crippen LogP) is 2.25. The van der Waals surface area contributed by atoms with Gasteiger partial charge in [-0.3, -0.25) is 14.4 Å². The minimum atomic E-state index is -4.55. The van der Waals surface area contributed by atoms with Gasteiger partial charge in [0.25, 0.3) is 0 Å². The molecule has 0 aliphatic carbocycles. The maximum Gasteiger partial charge on any atom is 0.416 e. The van der Waals surface area contributed by atoms with Gasteiger partial charge in [0.2, 0.25) is 17.6 Å². The van der Waals surface area contributed by atoms with E-state index in [-0.39, 0.29) is 10.9 Å². The molecule has 1 aliphatic rings. The smallest absolute Gasteiger partial charge is 0.342 e. The van der Waals surface area contributed by atoms with Gasteiger partial charge in [-0.1, -0.05) is 17.7 Å². The van der Waals surface area contributed by atoms with E-state index in [0.29, 0.717) is 0 Å². The fourth-order valence-corrected chi connectivity index (χ4v) is 2.11. The second-order valence-corrected chi connectivity index (χ2v) is 5.33. The summed E-state index contributed by atoms with van der Waals surface area (Å²) in [5.41, 5.74) is -1.03. The lowest BCUT2D eigenvalue weighted by atomic mass is 10.1. The van der Waals surface area contributed by atoms with Crippen LogP contribution < -0.4 is 10.6 Å². The molecule has 0 saturated carbocycles. The fraction of sp³-hybridized carbons (Fsp3) is 0.200. The summed E-state index contributed by atoms with van der Waals surface area (Å²) < 4.78 is 37.8. The van der Waals surface area contributed by atoms with E-state index in [1.807, 2.05) is 0 Å². The van der Waals surface area contributed by atoms with Crippen LogP contribution in [-0.4, -0.2) is 28.8 Å². The second kappa shape index (κ2) is 7.47. The minimum absolute atomic E-state index is 0.101. The number of hydrogen-bond acceptors (Lipinski definition) is 4. The third kappa shape index (κ3) is 5.15. The van der Waals surface area contributed by atoms with Crippen molar-refractivity contribution < 1.29 is 27.6 Å². The molecule has 0 bridgehead atoms. The van der Waals surface area contributed by atoms with Crippen LogP contribution in [0.3, 0.4) is 0 Å². The van der Waals surface area contributed by atoms with Crippen molar-refractivity contribution in [1.29, 1.82) is 0 Å². The molecular weight excluding hydrogens is 363 g/mol. The second-order valence-electron chi connectivity index (χ2n) is 4.97. The highest BCUT2D eigenvalue weighted by atomic mass is 35.5. The van der Waals surface area contributed by atoms with Crippen LogP contribution in [0.15, 0.2) is 41.5 Å². The molecule has 1 aromatic rings. The van der Waals surface area contributed by atoms with Crippen molar-refractivity contribution in [3.63, 3.8) is 0 Å². The van der Waals surface area contributed by atoms with Crippen molar-refractivity contribution in [3.8, 4) is 0 Å². The molecule has 1 unspecified atom stereocenters. The van der Waals surface area contributed by atoms with Gasteiger partial charge in [-0.25, -0.2) is 4.99 Å². The quantitative estimate of drug-likeness (QED) is 0.793. The summed E-state index contributed by atoms with van der Waals surface area (Å²) in [6, 6.07) is 2.95. The summed E-state index contributed by atoms with van der Waals surface area (Å²) in [4.78, 5) is 38.7. The van der Waals surface area contributed by atoms with E-state index in [1.165, 1.54) is 18.3 Å². The van der Waals surface area contributed by atoms with Gasteiger partial charge in [0.05, 0.1) is 5.56 Å². The number of hydrogen-bond donors (Lipinski definition) is 2. The highest BCUT2D eigenvalue weighted by Gasteiger charge is 2.30. The Labute approximate surface area is 144 Å². The molecule has 0 radical (unpaired) electrons. The van der Waals surface area contributed by atoms with E-state index in [4.69, 9.17) is 11.6 Å². The van der Waals surface area contributed by atoms with E-state index in [0.717, 1.165) is 18.2 Å². The van der Waals surface area contributed by atoms with Gasteiger partial charge in [-0.05, 0) is 24.3 Å². The lowest BCUT2D eigenvalue weighted by Gasteiger charge is -2.15. The van der Waals surface area contributed by atoms with E-state index in [2.05, 4.69) is 15.6 Å². The van der Waals surface area contributed by atoms with Crippen molar-refractivity contribution in [3.05, 3.63) is 42.1 Å². The molecule has 0 saturated heterocycles. The number of ketones is 1. The van der Waals surface area contributed by atoms with Gasteiger partial charge in [0, 0.05) is 11.9 Å². The maximum atomic E-state index is 12.6. The third-order valence-corrected chi connectivity index (χ3v) is 3.35. The molecule has 132 valence electrons. The van der Waals surface area contributed by atoms with Crippen LogP contribution in [0.5, 0.6) is 0 Å². The Kier molecular flexibility index (Phi) is 5.58. The number of carbonyl (C=O) groups is 3. The fourth-order valence-electron chi connectivity index (χ4n) is 1.94. The maximum absolute atomic E-state index is 12.6. The summed E-state index contributed by atoms with van der Waals surface area (Å²) >= 11 is 5.54. The molecule has 1 heterocycles. The summed E-state index contributed by atoms with van der Waals surface area (Å²) in [5.74, 6) is -2.25. The lowest BCUT2D eigenvalue weighted by molar-refractivity contribution is -0.137. The Morgan fingerprint density at radius 1 is 1.24 bits per heavy atom. The molecule has 0 fully saturated rings. The van der Waals surface area contributed by atoms with E-state index in [1.54, 1.807) is 0 Å². The Hall–Kier alpha value is -2.68. The van der Waals surface area contributed by atoms with E-state index < -0.39 is 41.8 Å². The topological polar surface area (TPSA) is 87.6 Å². The summed E-state index contributed by atoms with van der Waals surface area (Å²) in [5, 5.41) is 4.16. The molecule has 10 heteroatoms. The lowest BCUT2D eigenvalue weighted by Crippen LogP contribution is -2.43. The number of aliphatic imine (C=N–C) groups is 1. The molecule has 1 atom stereocenters. The molecule has 2 amide bonds. The summed E-state index contributed by atoms with van der Waals surface area (Å²) in [6.45, 7) is 0. The Morgan fingerprint density at radius 3 is 2.64 bits per heavy atom.